The number of nitrogens with zero attached hydrogens (tertiary/aromatic N) is 4. The summed E-state index contributed by atoms with van der Waals surface area (Å²) in [6.07, 6.45) is 0. The van der Waals surface area contributed by atoms with Crippen molar-refractivity contribution in [2.24, 2.45) is 0 Å². The molecule has 1 aromatic heterocycles. The van der Waals surface area contributed by atoms with Crippen LogP contribution in [-0.4, -0.2) is 65.8 Å². The van der Waals surface area contributed by atoms with Gasteiger partial charge < -0.3 is 14.7 Å². The SMILES string of the molecule is CC(CNc1noc(-c2ccccc2)n1)N1CCN(C)CC1. The first-order chi connectivity index (χ1) is 10.7. The summed E-state index contributed by atoms with van der Waals surface area (Å²) in [5, 5.41) is 7.27. The second-order valence-electron chi connectivity index (χ2n) is 5.86. The largest absolute Gasteiger partial charge is 0.350 e. The van der Waals surface area contributed by atoms with Gasteiger partial charge in [-0.15, -0.1) is 0 Å². The second-order valence-corrected chi connectivity index (χ2v) is 5.86. The van der Waals surface area contributed by atoms with E-state index < -0.39 is 0 Å². The van der Waals surface area contributed by atoms with Crippen molar-refractivity contribution in [3.63, 3.8) is 0 Å². The molecule has 0 spiro atoms. The van der Waals surface area contributed by atoms with E-state index in [4.69, 9.17) is 4.52 Å². The maximum atomic E-state index is 5.30. The Hall–Kier alpha value is -1.92. The molecule has 1 atom stereocenters. The molecule has 2 aromatic rings. The van der Waals surface area contributed by atoms with Gasteiger partial charge in [-0.1, -0.05) is 18.2 Å². The molecule has 1 fully saturated rings. The van der Waals surface area contributed by atoms with Gasteiger partial charge in [0.15, 0.2) is 0 Å². The van der Waals surface area contributed by atoms with E-state index in [1.807, 2.05) is 30.3 Å². The summed E-state index contributed by atoms with van der Waals surface area (Å²) in [4.78, 5) is 9.25. The van der Waals surface area contributed by atoms with Crippen molar-refractivity contribution >= 4 is 5.95 Å². The highest BCUT2D eigenvalue weighted by molar-refractivity contribution is 5.53. The molecule has 1 N–H and O–H groups in total. The lowest BCUT2D eigenvalue weighted by Gasteiger charge is -2.36. The second kappa shape index (κ2) is 6.89. The van der Waals surface area contributed by atoms with Crippen LogP contribution >= 0.6 is 0 Å². The third-order valence-electron chi connectivity index (χ3n) is 4.16. The number of likely N-dealkylation sites (N-methyl/N-ethyl adjacent to an activating group) is 1. The monoisotopic (exact) mass is 301 g/mol. The van der Waals surface area contributed by atoms with E-state index in [-0.39, 0.29) is 0 Å². The van der Waals surface area contributed by atoms with Gasteiger partial charge in [0.05, 0.1) is 0 Å². The third-order valence-corrected chi connectivity index (χ3v) is 4.16. The standard InChI is InChI=1S/C16H23N5O/c1-13(21-10-8-20(2)9-11-21)12-17-16-18-15(22-19-16)14-6-4-3-5-7-14/h3-7,13H,8-12H2,1-2H3,(H,17,19). The summed E-state index contributed by atoms with van der Waals surface area (Å²) in [7, 11) is 2.17. The van der Waals surface area contributed by atoms with E-state index in [1.165, 1.54) is 0 Å². The van der Waals surface area contributed by atoms with Gasteiger partial charge in [0.2, 0.25) is 0 Å². The molecule has 118 valence electrons. The molecule has 3 rings (SSSR count). The molecule has 0 radical (unpaired) electrons. The number of anilines is 1. The zero-order chi connectivity index (χ0) is 15.4. The first kappa shape index (κ1) is 15.0. The summed E-state index contributed by atoms with van der Waals surface area (Å²) >= 11 is 0. The molecule has 1 unspecified atom stereocenters. The fourth-order valence-electron chi connectivity index (χ4n) is 2.62. The van der Waals surface area contributed by atoms with E-state index in [0.717, 1.165) is 38.3 Å². The summed E-state index contributed by atoms with van der Waals surface area (Å²) < 4.78 is 5.30. The molecule has 0 bridgehead atoms. The molecule has 6 heteroatoms. The van der Waals surface area contributed by atoms with Gasteiger partial charge in [0.25, 0.3) is 11.8 Å². The van der Waals surface area contributed by atoms with Crippen LogP contribution in [0, 0.1) is 0 Å². The summed E-state index contributed by atoms with van der Waals surface area (Å²) in [6.45, 7) is 7.53. The van der Waals surface area contributed by atoms with Crippen LogP contribution in [0.5, 0.6) is 0 Å². The van der Waals surface area contributed by atoms with Crippen LogP contribution in [0.1, 0.15) is 6.92 Å². The van der Waals surface area contributed by atoms with Crippen molar-refractivity contribution in [3.05, 3.63) is 30.3 Å². The average molecular weight is 301 g/mol. The van der Waals surface area contributed by atoms with Crippen LogP contribution in [0.15, 0.2) is 34.9 Å². The first-order valence-corrected chi connectivity index (χ1v) is 7.78. The minimum Gasteiger partial charge on any atom is -0.350 e. The highest BCUT2D eigenvalue weighted by Crippen LogP contribution is 2.17. The topological polar surface area (TPSA) is 57.4 Å². The fraction of sp³-hybridized carbons (Fsp3) is 0.500. The van der Waals surface area contributed by atoms with Gasteiger partial charge in [-0.3, -0.25) is 4.90 Å². The maximum absolute atomic E-state index is 5.30. The van der Waals surface area contributed by atoms with Crippen LogP contribution in [-0.2, 0) is 0 Å². The van der Waals surface area contributed by atoms with Crippen molar-refractivity contribution in [1.29, 1.82) is 0 Å². The van der Waals surface area contributed by atoms with Crippen LogP contribution in [0.3, 0.4) is 0 Å². The quantitative estimate of drug-likeness (QED) is 0.908. The van der Waals surface area contributed by atoms with Gasteiger partial charge in [-0.05, 0) is 31.3 Å². The van der Waals surface area contributed by atoms with Gasteiger partial charge in [0, 0.05) is 44.3 Å². The van der Waals surface area contributed by atoms with Crippen molar-refractivity contribution in [3.8, 4) is 11.5 Å². The highest BCUT2D eigenvalue weighted by Gasteiger charge is 2.19. The molecule has 22 heavy (non-hydrogen) atoms. The minimum absolute atomic E-state index is 0.451. The van der Waals surface area contributed by atoms with Crippen molar-refractivity contribution in [2.45, 2.75) is 13.0 Å². The summed E-state index contributed by atoms with van der Waals surface area (Å²) in [5.74, 6) is 1.11. The molecule has 1 aromatic carbocycles. The van der Waals surface area contributed by atoms with Crippen molar-refractivity contribution in [1.82, 2.24) is 19.9 Å². The Kier molecular flexibility index (Phi) is 4.70. The molecule has 0 saturated carbocycles. The lowest BCUT2D eigenvalue weighted by Crippen LogP contribution is -2.49. The minimum atomic E-state index is 0.451. The fourth-order valence-corrected chi connectivity index (χ4v) is 2.62. The van der Waals surface area contributed by atoms with Crippen LogP contribution in [0.4, 0.5) is 5.95 Å². The number of benzene rings is 1. The molecule has 0 amide bonds. The zero-order valence-electron chi connectivity index (χ0n) is 13.2. The first-order valence-electron chi connectivity index (χ1n) is 7.78. The molecule has 6 nitrogen and oxygen atoms in total. The molecule has 1 aliphatic heterocycles. The molecule has 2 heterocycles. The Balaban J connectivity index is 1.53. The van der Waals surface area contributed by atoms with Gasteiger partial charge in [-0.2, -0.15) is 4.98 Å². The van der Waals surface area contributed by atoms with Crippen LogP contribution in [0.2, 0.25) is 0 Å². The maximum Gasteiger partial charge on any atom is 0.263 e. The summed E-state index contributed by atoms with van der Waals surface area (Å²) in [6, 6.07) is 10.3. The smallest absolute Gasteiger partial charge is 0.263 e. The molecule has 1 aliphatic rings. The average Bonchev–Trinajstić information content (AvgIpc) is 3.03. The van der Waals surface area contributed by atoms with E-state index in [9.17, 15) is 0 Å². The molecule has 0 aliphatic carbocycles. The summed E-state index contributed by atoms with van der Waals surface area (Å²) in [5.41, 5.74) is 0.940. The van der Waals surface area contributed by atoms with Gasteiger partial charge in [0.1, 0.15) is 0 Å². The number of nitrogens with one attached hydrogen (secondary N) is 1. The Morgan fingerprint density at radius 3 is 2.64 bits per heavy atom. The Morgan fingerprint density at radius 1 is 1.18 bits per heavy atom. The number of piperazine rings is 1. The van der Waals surface area contributed by atoms with Gasteiger partial charge >= 0.3 is 0 Å². The molecular weight excluding hydrogens is 278 g/mol. The van der Waals surface area contributed by atoms with E-state index in [2.05, 4.69) is 39.2 Å². The molecular formula is C16H23N5O. The highest BCUT2D eigenvalue weighted by atomic mass is 16.5. The number of hydrogen-bond acceptors (Lipinski definition) is 6. The molecule has 1 saturated heterocycles. The Labute approximate surface area is 131 Å². The third kappa shape index (κ3) is 3.64. The predicted molar refractivity (Wildman–Crippen MR) is 86.8 cm³/mol. The van der Waals surface area contributed by atoms with E-state index in [1.54, 1.807) is 0 Å². The van der Waals surface area contributed by atoms with E-state index >= 15 is 0 Å². The zero-order valence-corrected chi connectivity index (χ0v) is 13.2. The normalized spacial score (nSPS) is 18.3. The van der Waals surface area contributed by atoms with Crippen molar-refractivity contribution in [2.75, 3.05) is 45.1 Å². The van der Waals surface area contributed by atoms with E-state index in [0.29, 0.717) is 17.9 Å². The number of aromatic nitrogens is 2. The van der Waals surface area contributed by atoms with Crippen LogP contribution < -0.4 is 5.32 Å². The predicted octanol–water partition coefficient (Wildman–Crippen LogP) is 1.78. The van der Waals surface area contributed by atoms with Crippen LogP contribution in [0.25, 0.3) is 11.5 Å². The number of hydrogen-bond donors (Lipinski definition) is 1. The Bertz CT molecular complexity index is 577. The van der Waals surface area contributed by atoms with Gasteiger partial charge in [-0.25, -0.2) is 0 Å². The Morgan fingerprint density at radius 2 is 1.91 bits per heavy atom. The lowest BCUT2D eigenvalue weighted by atomic mass is 10.2. The van der Waals surface area contributed by atoms with Crippen molar-refractivity contribution < 1.29 is 4.52 Å². The lowest BCUT2D eigenvalue weighted by molar-refractivity contribution is 0.123. The number of rotatable bonds is 5.